The summed E-state index contributed by atoms with van der Waals surface area (Å²) in [5.41, 5.74) is 0.819. The lowest BCUT2D eigenvalue weighted by atomic mass is 10.3. The Morgan fingerprint density at radius 1 is 1.38 bits per heavy atom. The van der Waals surface area contributed by atoms with Crippen LogP contribution in [-0.2, 0) is 4.79 Å². The highest BCUT2D eigenvalue weighted by atomic mass is 35.5. The Morgan fingerprint density at radius 2 is 2.23 bits per heavy atom. The van der Waals surface area contributed by atoms with Gasteiger partial charge in [-0.05, 0) is 35.4 Å². The van der Waals surface area contributed by atoms with Gasteiger partial charge in [0.15, 0.2) is 5.13 Å². The zero-order chi connectivity index (χ0) is 17.9. The molecule has 1 N–H and O–H groups in total. The fraction of sp³-hybridized carbons (Fsp3) is 0.400. The average Bonchev–Trinajstić information content (AvgIpc) is 3.39. The smallest absolute Gasteiger partial charge is 0.236 e. The highest BCUT2D eigenvalue weighted by molar-refractivity contribution is 7.99. The molecule has 3 aromatic rings. The van der Waals surface area contributed by atoms with E-state index in [1.54, 1.807) is 0 Å². The molecule has 0 aliphatic heterocycles. The van der Waals surface area contributed by atoms with Crippen LogP contribution in [0.15, 0.2) is 22.7 Å². The van der Waals surface area contributed by atoms with E-state index in [0.717, 1.165) is 27.7 Å². The van der Waals surface area contributed by atoms with Crippen molar-refractivity contribution in [1.29, 1.82) is 0 Å². The predicted octanol–water partition coefficient (Wildman–Crippen LogP) is 4.36. The third kappa shape index (κ3) is 4.08. The van der Waals surface area contributed by atoms with E-state index in [-0.39, 0.29) is 11.7 Å². The van der Waals surface area contributed by atoms with Crippen LogP contribution in [-0.4, -0.2) is 36.9 Å². The first-order chi connectivity index (χ1) is 12.7. The number of thiophene rings is 1. The molecular weight excluding hydrogens is 412 g/mol. The van der Waals surface area contributed by atoms with Gasteiger partial charge in [-0.25, -0.2) is 9.67 Å². The highest BCUT2D eigenvalue weighted by Gasteiger charge is 2.22. The molecule has 4 rings (SSSR count). The van der Waals surface area contributed by atoms with Crippen molar-refractivity contribution in [2.75, 3.05) is 11.1 Å². The molecular formula is C15H15ClN6OS3. The number of tetrazole rings is 1. The van der Waals surface area contributed by atoms with Crippen LogP contribution in [0.1, 0.15) is 31.7 Å². The minimum atomic E-state index is -0.124. The van der Waals surface area contributed by atoms with Crippen molar-refractivity contribution >= 4 is 57.1 Å². The Kier molecular flexibility index (Phi) is 5.53. The van der Waals surface area contributed by atoms with Crippen molar-refractivity contribution in [2.45, 2.75) is 36.9 Å². The van der Waals surface area contributed by atoms with Gasteiger partial charge in [0.1, 0.15) is 0 Å². The number of carbonyl (C=O) groups is 1. The van der Waals surface area contributed by atoms with E-state index in [4.69, 9.17) is 11.6 Å². The standard InChI is InChI=1S/C15H15ClN6OS3/c16-12-6-5-11(26-12)10-7-24-14(17-10)18-13(23)8-25-15-19-20-21-22(15)9-3-1-2-4-9/h5-7,9H,1-4,8H2,(H,17,18,23). The molecule has 1 amide bonds. The summed E-state index contributed by atoms with van der Waals surface area (Å²) in [4.78, 5) is 17.7. The molecule has 0 radical (unpaired) electrons. The van der Waals surface area contributed by atoms with Crippen LogP contribution >= 0.6 is 46.0 Å². The lowest BCUT2D eigenvalue weighted by Gasteiger charge is -2.10. The van der Waals surface area contributed by atoms with Crippen molar-refractivity contribution in [1.82, 2.24) is 25.2 Å². The molecule has 3 heterocycles. The quantitative estimate of drug-likeness (QED) is 0.589. The number of rotatable bonds is 6. The van der Waals surface area contributed by atoms with Gasteiger partial charge in [0, 0.05) is 5.38 Å². The van der Waals surface area contributed by atoms with Gasteiger partial charge in [-0.3, -0.25) is 4.79 Å². The van der Waals surface area contributed by atoms with Crippen LogP contribution in [0.25, 0.3) is 10.6 Å². The molecule has 0 unspecified atom stereocenters. The third-order valence-electron chi connectivity index (χ3n) is 4.04. The third-order valence-corrected chi connectivity index (χ3v) is 6.99. The van der Waals surface area contributed by atoms with Crippen LogP contribution in [0.2, 0.25) is 4.34 Å². The lowest BCUT2D eigenvalue weighted by molar-refractivity contribution is -0.113. The number of hydrogen-bond acceptors (Lipinski definition) is 8. The maximum atomic E-state index is 12.2. The van der Waals surface area contributed by atoms with E-state index in [2.05, 4.69) is 25.8 Å². The average molecular weight is 427 g/mol. The SMILES string of the molecule is O=C(CSc1nnnn1C1CCCC1)Nc1nc(-c2ccc(Cl)s2)cs1. The summed E-state index contributed by atoms with van der Waals surface area (Å²) in [5.74, 6) is 0.119. The van der Waals surface area contributed by atoms with Crippen LogP contribution < -0.4 is 5.32 Å². The fourth-order valence-electron chi connectivity index (χ4n) is 2.84. The van der Waals surface area contributed by atoms with Crippen LogP contribution in [0, 0.1) is 0 Å². The predicted molar refractivity (Wildman–Crippen MR) is 105 cm³/mol. The number of anilines is 1. The number of halogens is 1. The summed E-state index contributed by atoms with van der Waals surface area (Å²) in [6.45, 7) is 0. The fourth-order valence-corrected chi connectivity index (χ4v) is 5.39. The first kappa shape index (κ1) is 17.9. The maximum Gasteiger partial charge on any atom is 0.236 e. The second-order valence-corrected chi connectivity index (χ2v) is 9.34. The molecule has 11 heteroatoms. The van der Waals surface area contributed by atoms with Gasteiger partial charge >= 0.3 is 0 Å². The van der Waals surface area contributed by atoms with E-state index in [0.29, 0.717) is 16.3 Å². The zero-order valence-corrected chi connectivity index (χ0v) is 16.8. The molecule has 3 aromatic heterocycles. The Labute approximate surface area is 167 Å². The number of nitrogens with one attached hydrogen (secondary N) is 1. The second-order valence-electron chi connectivity index (χ2n) is 5.82. The lowest BCUT2D eigenvalue weighted by Crippen LogP contribution is -2.15. The minimum Gasteiger partial charge on any atom is -0.301 e. The normalized spacial score (nSPS) is 14.8. The largest absolute Gasteiger partial charge is 0.301 e. The van der Waals surface area contributed by atoms with Gasteiger partial charge in [-0.1, -0.05) is 36.2 Å². The number of aromatic nitrogens is 5. The van der Waals surface area contributed by atoms with Crippen molar-refractivity contribution in [3.8, 4) is 10.6 Å². The Morgan fingerprint density at radius 3 is 3.00 bits per heavy atom. The second kappa shape index (κ2) is 8.03. The van der Waals surface area contributed by atoms with Crippen molar-refractivity contribution in [3.63, 3.8) is 0 Å². The molecule has 1 aliphatic rings. The number of carbonyl (C=O) groups excluding carboxylic acids is 1. The van der Waals surface area contributed by atoms with Gasteiger partial charge in [0.2, 0.25) is 11.1 Å². The molecule has 0 saturated heterocycles. The number of thiazole rings is 1. The molecule has 0 atom stereocenters. The van der Waals surface area contributed by atoms with E-state index in [9.17, 15) is 4.79 Å². The minimum absolute atomic E-state index is 0.124. The van der Waals surface area contributed by atoms with Crippen molar-refractivity contribution in [2.24, 2.45) is 0 Å². The van der Waals surface area contributed by atoms with Crippen LogP contribution in [0.3, 0.4) is 0 Å². The van der Waals surface area contributed by atoms with Crippen LogP contribution in [0.5, 0.6) is 0 Å². The highest BCUT2D eigenvalue weighted by Crippen LogP contribution is 2.33. The number of hydrogen-bond donors (Lipinski definition) is 1. The Balaban J connectivity index is 1.33. The summed E-state index contributed by atoms with van der Waals surface area (Å²) >= 11 is 10.2. The molecule has 0 aromatic carbocycles. The first-order valence-corrected chi connectivity index (χ1v) is 11.2. The summed E-state index contributed by atoms with van der Waals surface area (Å²) in [7, 11) is 0. The van der Waals surface area contributed by atoms with E-state index >= 15 is 0 Å². The molecule has 1 fully saturated rings. The molecule has 26 heavy (non-hydrogen) atoms. The van der Waals surface area contributed by atoms with Gasteiger partial charge < -0.3 is 5.32 Å². The molecule has 136 valence electrons. The van der Waals surface area contributed by atoms with E-state index in [1.165, 1.54) is 47.3 Å². The van der Waals surface area contributed by atoms with Gasteiger partial charge in [-0.2, -0.15) is 0 Å². The van der Waals surface area contributed by atoms with Gasteiger partial charge in [0.25, 0.3) is 0 Å². The zero-order valence-electron chi connectivity index (χ0n) is 13.6. The molecule has 0 bridgehead atoms. The molecule has 1 aliphatic carbocycles. The molecule has 0 spiro atoms. The monoisotopic (exact) mass is 426 g/mol. The number of nitrogens with zero attached hydrogens (tertiary/aromatic N) is 5. The Bertz CT molecular complexity index is 901. The first-order valence-electron chi connectivity index (χ1n) is 8.11. The van der Waals surface area contributed by atoms with E-state index < -0.39 is 0 Å². The molecule has 7 nitrogen and oxygen atoms in total. The number of amides is 1. The Hall–Kier alpha value is -1.49. The molecule has 1 saturated carbocycles. The van der Waals surface area contributed by atoms with E-state index in [1.807, 2.05) is 22.2 Å². The summed E-state index contributed by atoms with van der Waals surface area (Å²) < 4.78 is 2.57. The maximum absolute atomic E-state index is 12.2. The van der Waals surface area contributed by atoms with Crippen molar-refractivity contribution in [3.05, 3.63) is 21.8 Å². The summed E-state index contributed by atoms with van der Waals surface area (Å²) in [5, 5.41) is 17.9. The van der Waals surface area contributed by atoms with Crippen molar-refractivity contribution < 1.29 is 4.79 Å². The topological polar surface area (TPSA) is 85.6 Å². The van der Waals surface area contributed by atoms with Crippen LogP contribution in [0.4, 0.5) is 5.13 Å². The summed E-state index contributed by atoms with van der Waals surface area (Å²) in [6.07, 6.45) is 4.60. The number of thioether (sulfide) groups is 1. The van der Waals surface area contributed by atoms with Gasteiger partial charge in [-0.15, -0.1) is 27.8 Å². The van der Waals surface area contributed by atoms with Gasteiger partial charge in [0.05, 0.1) is 26.7 Å². The summed E-state index contributed by atoms with van der Waals surface area (Å²) in [6, 6.07) is 4.12.